The monoisotopic (exact) mass is 236 g/mol. The van der Waals surface area contributed by atoms with Gasteiger partial charge in [-0.05, 0) is 54.2 Å². The van der Waals surface area contributed by atoms with Gasteiger partial charge in [-0.2, -0.15) is 5.26 Å². The maximum atomic E-state index is 11.6. The first kappa shape index (κ1) is 10.8. The average molecular weight is 236 g/mol. The molecule has 0 atom stereocenters. The van der Waals surface area contributed by atoms with E-state index < -0.39 is 0 Å². The Bertz CT molecular complexity index is 707. The minimum atomic E-state index is -0.324. The molecule has 1 heterocycles. The van der Waals surface area contributed by atoms with Crippen LogP contribution in [0.4, 0.5) is 0 Å². The number of hydrogen-bond acceptors (Lipinski definition) is 2. The molecular formula is C15H12N2O. The van der Waals surface area contributed by atoms with Gasteiger partial charge >= 0.3 is 0 Å². The van der Waals surface area contributed by atoms with Gasteiger partial charge < -0.3 is 4.98 Å². The summed E-state index contributed by atoms with van der Waals surface area (Å²) >= 11 is 0. The highest BCUT2D eigenvalue weighted by molar-refractivity contribution is 5.62. The van der Waals surface area contributed by atoms with Crippen molar-refractivity contribution in [1.82, 2.24) is 4.98 Å². The number of H-pyrrole nitrogens is 1. The Labute approximate surface area is 105 Å². The van der Waals surface area contributed by atoms with Crippen molar-refractivity contribution in [3.63, 3.8) is 0 Å². The van der Waals surface area contributed by atoms with Crippen LogP contribution in [0.1, 0.15) is 23.1 Å². The minimum Gasteiger partial charge on any atom is -0.321 e. The van der Waals surface area contributed by atoms with Crippen LogP contribution in [0.15, 0.2) is 35.1 Å². The van der Waals surface area contributed by atoms with E-state index in [2.05, 4.69) is 17.1 Å². The number of pyridine rings is 1. The van der Waals surface area contributed by atoms with Gasteiger partial charge in [0.1, 0.15) is 11.6 Å². The predicted octanol–water partition coefficient (Wildman–Crippen LogP) is 2.40. The molecule has 0 saturated heterocycles. The molecule has 18 heavy (non-hydrogen) atoms. The summed E-state index contributed by atoms with van der Waals surface area (Å²) in [6.45, 7) is 0. The first-order valence-electron chi connectivity index (χ1n) is 6.03. The Balaban J connectivity index is 2.08. The number of nitrogens with zero attached hydrogens (tertiary/aromatic N) is 1. The molecule has 2 aromatic rings. The Morgan fingerprint density at radius 3 is 2.72 bits per heavy atom. The molecule has 1 aliphatic carbocycles. The second-order valence-electron chi connectivity index (χ2n) is 4.56. The molecule has 0 saturated carbocycles. The van der Waals surface area contributed by atoms with Crippen molar-refractivity contribution in [3.05, 3.63) is 57.4 Å². The van der Waals surface area contributed by atoms with E-state index in [0.717, 1.165) is 24.1 Å². The fraction of sp³-hybridized carbons (Fsp3) is 0.200. The van der Waals surface area contributed by atoms with Crippen molar-refractivity contribution in [1.29, 1.82) is 5.26 Å². The molecule has 1 aromatic carbocycles. The summed E-state index contributed by atoms with van der Waals surface area (Å²) in [6.07, 6.45) is 3.48. The van der Waals surface area contributed by atoms with E-state index in [1.54, 1.807) is 12.1 Å². The highest BCUT2D eigenvalue weighted by Gasteiger charge is 2.11. The molecule has 3 rings (SSSR count). The summed E-state index contributed by atoms with van der Waals surface area (Å²) < 4.78 is 0. The highest BCUT2D eigenvalue weighted by Crippen LogP contribution is 2.26. The van der Waals surface area contributed by atoms with Gasteiger partial charge in [-0.1, -0.05) is 12.1 Å². The van der Waals surface area contributed by atoms with E-state index in [1.807, 2.05) is 12.1 Å². The smallest absolute Gasteiger partial charge is 0.266 e. The molecule has 88 valence electrons. The molecule has 3 heteroatoms. The number of aromatic nitrogens is 1. The number of hydrogen-bond donors (Lipinski definition) is 1. The number of aromatic amines is 1. The Hall–Kier alpha value is -2.34. The first-order chi connectivity index (χ1) is 8.78. The Kier molecular flexibility index (Phi) is 2.49. The number of fused-ring (bicyclic) bond motifs is 1. The summed E-state index contributed by atoms with van der Waals surface area (Å²) in [5.41, 5.74) is 4.40. The third-order valence-electron chi connectivity index (χ3n) is 3.44. The summed E-state index contributed by atoms with van der Waals surface area (Å²) in [6, 6.07) is 11.5. The van der Waals surface area contributed by atoms with Gasteiger partial charge in [-0.15, -0.1) is 0 Å². The van der Waals surface area contributed by atoms with E-state index in [1.165, 1.54) is 17.5 Å². The third kappa shape index (κ3) is 1.72. The van der Waals surface area contributed by atoms with E-state index in [-0.39, 0.29) is 11.1 Å². The third-order valence-corrected chi connectivity index (χ3v) is 3.44. The van der Waals surface area contributed by atoms with Crippen molar-refractivity contribution < 1.29 is 0 Å². The largest absolute Gasteiger partial charge is 0.321 e. The lowest BCUT2D eigenvalue weighted by Crippen LogP contribution is -2.10. The lowest BCUT2D eigenvalue weighted by Gasteiger charge is -2.05. The van der Waals surface area contributed by atoms with E-state index in [9.17, 15) is 4.79 Å². The van der Waals surface area contributed by atoms with Crippen LogP contribution in [-0.2, 0) is 12.8 Å². The molecule has 3 nitrogen and oxygen atoms in total. The average Bonchev–Trinajstić information content (AvgIpc) is 2.85. The van der Waals surface area contributed by atoms with Gasteiger partial charge in [0.15, 0.2) is 0 Å². The van der Waals surface area contributed by atoms with Gasteiger partial charge in [0.05, 0.1) is 0 Å². The predicted molar refractivity (Wildman–Crippen MR) is 69.2 cm³/mol. The van der Waals surface area contributed by atoms with E-state index in [4.69, 9.17) is 5.26 Å². The zero-order valence-electron chi connectivity index (χ0n) is 9.86. The zero-order valence-corrected chi connectivity index (χ0v) is 9.86. The fourth-order valence-electron chi connectivity index (χ4n) is 2.47. The topological polar surface area (TPSA) is 56.6 Å². The summed E-state index contributed by atoms with van der Waals surface area (Å²) in [4.78, 5) is 14.4. The van der Waals surface area contributed by atoms with Crippen LogP contribution < -0.4 is 5.56 Å². The standard InChI is InChI=1S/C15H12N2O/c16-9-13-6-7-14(17-15(13)18)12-5-4-10-2-1-3-11(10)8-12/h4-8H,1-3H2,(H,17,18). The van der Waals surface area contributed by atoms with Crippen molar-refractivity contribution in [2.45, 2.75) is 19.3 Å². The number of aryl methyl sites for hydroxylation is 2. The molecule has 1 aliphatic rings. The van der Waals surface area contributed by atoms with Crippen molar-refractivity contribution in [2.24, 2.45) is 0 Å². The van der Waals surface area contributed by atoms with Gasteiger partial charge in [0.2, 0.25) is 0 Å². The van der Waals surface area contributed by atoms with Crippen LogP contribution in [0, 0.1) is 11.3 Å². The molecule has 0 fully saturated rings. The molecule has 1 aromatic heterocycles. The summed E-state index contributed by atoms with van der Waals surface area (Å²) in [5, 5.41) is 8.74. The van der Waals surface area contributed by atoms with Gasteiger partial charge in [-0.3, -0.25) is 4.79 Å². The summed E-state index contributed by atoms with van der Waals surface area (Å²) in [5.74, 6) is 0. The summed E-state index contributed by atoms with van der Waals surface area (Å²) in [7, 11) is 0. The first-order valence-corrected chi connectivity index (χ1v) is 6.03. The Morgan fingerprint density at radius 1 is 1.11 bits per heavy atom. The molecule has 0 unspecified atom stereocenters. The zero-order chi connectivity index (χ0) is 12.5. The van der Waals surface area contributed by atoms with E-state index >= 15 is 0 Å². The molecule has 0 spiro atoms. The van der Waals surface area contributed by atoms with Crippen LogP contribution in [0.2, 0.25) is 0 Å². The lowest BCUT2D eigenvalue weighted by molar-refractivity contribution is 0.912. The van der Waals surface area contributed by atoms with Crippen molar-refractivity contribution in [3.8, 4) is 17.3 Å². The second-order valence-corrected chi connectivity index (χ2v) is 4.56. The van der Waals surface area contributed by atoms with Crippen LogP contribution in [0.3, 0.4) is 0 Å². The van der Waals surface area contributed by atoms with Crippen LogP contribution in [0.25, 0.3) is 11.3 Å². The Morgan fingerprint density at radius 2 is 1.94 bits per heavy atom. The van der Waals surface area contributed by atoms with E-state index in [0.29, 0.717) is 0 Å². The molecule has 0 amide bonds. The number of benzene rings is 1. The van der Waals surface area contributed by atoms with Gasteiger partial charge in [-0.25, -0.2) is 0 Å². The molecule has 0 radical (unpaired) electrons. The molecular weight excluding hydrogens is 224 g/mol. The van der Waals surface area contributed by atoms with Crippen LogP contribution >= 0.6 is 0 Å². The van der Waals surface area contributed by atoms with Crippen LogP contribution in [0.5, 0.6) is 0 Å². The normalized spacial score (nSPS) is 13.1. The van der Waals surface area contributed by atoms with Gasteiger partial charge in [0.25, 0.3) is 5.56 Å². The van der Waals surface area contributed by atoms with Crippen LogP contribution in [-0.4, -0.2) is 4.98 Å². The SMILES string of the molecule is N#Cc1ccc(-c2ccc3c(c2)CCC3)[nH]c1=O. The van der Waals surface area contributed by atoms with Gasteiger partial charge in [0, 0.05) is 5.69 Å². The molecule has 1 N–H and O–H groups in total. The quantitative estimate of drug-likeness (QED) is 0.826. The fourth-order valence-corrected chi connectivity index (χ4v) is 2.47. The highest BCUT2D eigenvalue weighted by atomic mass is 16.1. The second kappa shape index (κ2) is 4.15. The lowest BCUT2D eigenvalue weighted by atomic mass is 10.0. The maximum absolute atomic E-state index is 11.6. The maximum Gasteiger partial charge on any atom is 0.266 e. The van der Waals surface area contributed by atoms with Crippen molar-refractivity contribution in [2.75, 3.05) is 0 Å². The number of rotatable bonds is 1. The van der Waals surface area contributed by atoms with Crippen molar-refractivity contribution >= 4 is 0 Å². The minimum absolute atomic E-state index is 0.153. The molecule has 0 bridgehead atoms. The number of nitrogens with one attached hydrogen (secondary N) is 1. The number of nitriles is 1. The molecule has 0 aliphatic heterocycles.